The first-order chi connectivity index (χ1) is 15.0. The van der Waals surface area contributed by atoms with Gasteiger partial charge in [-0.05, 0) is 32.3 Å². The van der Waals surface area contributed by atoms with Crippen molar-refractivity contribution < 1.29 is 18.7 Å². The third-order valence-corrected chi connectivity index (χ3v) is 6.05. The van der Waals surface area contributed by atoms with E-state index in [-0.39, 0.29) is 36.7 Å². The molecule has 1 fully saturated rings. The normalized spacial score (nSPS) is 18.8. The molecule has 0 unspecified atom stereocenters. The van der Waals surface area contributed by atoms with Gasteiger partial charge in [0.05, 0.1) is 6.54 Å². The van der Waals surface area contributed by atoms with E-state index in [1.54, 1.807) is 28.0 Å². The standard InChI is InChI=1S/C23H27FN4O3/c1-15-18-9-10-20(29)28(13-16-6-3-4-8-19(16)24)23(18)26-22(25-15)17-7-5-11-27(12-17)21(30)14-31-2/h3-4,6,8,17H,5,7,9-14H2,1-2H3/t17-/m1/s1. The Labute approximate surface area is 181 Å². The fraction of sp³-hybridized carbons (Fsp3) is 0.478. The van der Waals surface area contributed by atoms with Gasteiger partial charge in [-0.15, -0.1) is 0 Å². The van der Waals surface area contributed by atoms with Crippen molar-refractivity contribution >= 4 is 17.6 Å². The minimum absolute atomic E-state index is 0.00843. The van der Waals surface area contributed by atoms with Gasteiger partial charge in [-0.3, -0.25) is 14.5 Å². The van der Waals surface area contributed by atoms with Gasteiger partial charge in [0.25, 0.3) is 0 Å². The van der Waals surface area contributed by atoms with Gasteiger partial charge in [0.2, 0.25) is 11.8 Å². The SMILES string of the molecule is COCC(=O)N1CCC[C@@H](c2nc(C)c3c(n2)N(Cc2ccccc2F)C(=O)CC3)C1. The summed E-state index contributed by atoms with van der Waals surface area (Å²) in [5.41, 5.74) is 2.23. The average Bonchev–Trinajstić information content (AvgIpc) is 2.77. The molecule has 164 valence electrons. The second-order valence-electron chi connectivity index (χ2n) is 8.15. The van der Waals surface area contributed by atoms with Crippen LogP contribution < -0.4 is 4.90 Å². The Balaban J connectivity index is 1.65. The Bertz CT molecular complexity index is 997. The van der Waals surface area contributed by atoms with Crippen LogP contribution in [0.5, 0.6) is 0 Å². The molecule has 0 radical (unpaired) electrons. The molecule has 31 heavy (non-hydrogen) atoms. The number of rotatable bonds is 5. The van der Waals surface area contributed by atoms with Crippen molar-refractivity contribution in [3.8, 4) is 0 Å². The number of fused-ring (bicyclic) bond motifs is 1. The first-order valence-corrected chi connectivity index (χ1v) is 10.7. The third kappa shape index (κ3) is 4.44. The number of ether oxygens (including phenoxy) is 1. The van der Waals surface area contributed by atoms with Crippen molar-refractivity contribution in [1.82, 2.24) is 14.9 Å². The Hall–Kier alpha value is -2.87. The molecule has 1 atom stereocenters. The number of carbonyl (C=O) groups is 2. The average molecular weight is 426 g/mol. The van der Waals surface area contributed by atoms with Crippen LogP contribution in [0, 0.1) is 12.7 Å². The second kappa shape index (κ2) is 9.09. The summed E-state index contributed by atoms with van der Waals surface area (Å²) in [5, 5.41) is 0. The van der Waals surface area contributed by atoms with Crippen molar-refractivity contribution in [3.63, 3.8) is 0 Å². The zero-order chi connectivity index (χ0) is 22.0. The van der Waals surface area contributed by atoms with Crippen molar-refractivity contribution in [1.29, 1.82) is 0 Å². The summed E-state index contributed by atoms with van der Waals surface area (Å²) >= 11 is 0. The summed E-state index contributed by atoms with van der Waals surface area (Å²) in [6.45, 7) is 3.35. The van der Waals surface area contributed by atoms with E-state index in [1.807, 2.05) is 6.92 Å². The highest BCUT2D eigenvalue weighted by molar-refractivity contribution is 5.95. The molecule has 0 spiro atoms. The zero-order valence-corrected chi connectivity index (χ0v) is 17.9. The molecule has 0 N–H and O–H groups in total. The van der Waals surface area contributed by atoms with Crippen LogP contribution in [0.4, 0.5) is 10.2 Å². The van der Waals surface area contributed by atoms with E-state index in [0.717, 1.165) is 24.1 Å². The highest BCUT2D eigenvalue weighted by Gasteiger charge is 2.32. The number of piperidine rings is 1. The smallest absolute Gasteiger partial charge is 0.248 e. The molecule has 0 bridgehead atoms. The minimum Gasteiger partial charge on any atom is -0.375 e. The number of likely N-dealkylation sites (tertiary alicyclic amines) is 1. The Morgan fingerprint density at radius 1 is 1.26 bits per heavy atom. The number of hydrogen-bond donors (Lipinski definition) is 0. The summed E-state index contributed by atoms with van der Waals surface area (Å²) in [5.74, 6) is 0.749. The van der Waals surface area contributed by atoms with E-state index in [1.165, 1.54) is 13.2 Å². The number of hydrogen-bond acceptors (Lipinski definition) is 5. The van der Waals surface area contributed by atoms with E-state index in [0.29, 0.717) is 43.1 Å². The quantitative estimate of drug-likeness (QED) is 0.735. The molecule has 8 heteroatoms. The van der Waals surface area contributed by atoms with Gasteiger partial charge in [-0.25, -0.2) is 14.4 Å². The topological polar surface area (TPSA) is 75.6 Å². The minimum atomic E-state index is -0.340. The van der Waals surface area contributed by atoms with Crippen LogP contribution in [0.1, 0.15) is 47.8 Å². The highest BCUT2D eigenvalue weighted by atomic mass is 19.1. The molecule has 0 aliphatic carbocycles. The number of nitrogens with zero attached hydrogens (tertiary/aromatic N) is 4. The Morgan fingerprint density at radius 2 is 2.06 bits per heavy atom. The van der Waals surface area contributed by atoms with Crippen molar-refractivity contribution in [2.24, 2.45) is 0 Å². The molecule has 1 aromatic carbocycles. The summed E-state index contributed by atoms with van der Waals surface area (Å²) in [4.78, 5) is 37.9. The molecule has 0 saturated carbocycles. The highest BCUT2D eigenvalue weighted by Crippen LogP contribution is 2.33. The molecule has 2 amide bonds. The van der Waals surface area contributed by atoms with E-state index in [4.69, 9.17) is 14.7 Å². The van der Waals surface area contributed by atoms with Crippen molar-refractivity contribution in [2.75, 3.05) is 31.7 Å². The number of methoxy groups -OCH3 is 1. The predicted octanol–water partition coefficient (Wildman–Crippen LogP) is 2.76. The van der Waals surface area contributed by atoms with Crippen LogP contribution in [-0.2, 0) is 27.3 Å². The molecule has 4 rings (SSSR count). The molecular weight excluding hydrogens is 399 g/mol. The lowest BCUT2D eigenvalue weighted by molar-refractivity contribution is -0.136. The second-order valence-corrected chi connectivity index (χ2v) is 8.15. The van der Waals surface area contributed by atoms with Gasteiger partial charge in [0.15, 0.2) is 0 Å². The number of carbonyl (C=O) groups excluding carboxylic acids is 2. The molecular formula is C23H27FN4O3. The van der Waals surface area contributed by atoms with Crippen LogP contribution in [0.15, 0.2) is 24.3 Å². The van der Waals surface area contributed by atoms with Gasteiger partial charge >= 0.3 is 0 Å². The molecule has 3 heterocycles. The summed E-state index contributed by atoms with van der Waals surface area (Å²) in [7, 11) is 1.51. The van der Waals surface area contributed by atoms with E-state index < -0.39 is 0 Å². The predicted molar refractivity (Wildman–Crippen MR) is 113 cm³/mol. The maximum Gasteiger partial charge on any atom is 0.248 e. The van der Waals surface area contributed by atoms with Crippen LogP contribution in [0.3, 0.4) is 0 Å². The van der Waals surface area contributed by atoms with Crippen LogP contribution in [-0.4, -0.2) is 53.5 Å². The van der Waals surface area contributed by atoms with Crippen LogP contribution in [0.25, 0.3) is 0 Å². The van der Waals surface area contributed by atoms with Gasteiger partial charge in [-0.2, -0.15) is 0 Å². The fourth-order valence-corrected chi connectivity index (χ4v) is 4.37. The number of aryl methyl sites for hydroxylation is 1. The van der Waals surface area contributed by atoms with Gasteiger partial charge < -0.3 is 9.64 Å². The summed E-state index contributed by atoms with van der Waals surface area (Å²) in [6, 6.07) is 6.48. The molecule has 1 aromatic heterocycles. The van der Waals surface area contributed by atoms with Gasteiger partial charge in [0.1, 0.15) is 24.1 Å². The van der Waals surface area contributed by atoms with E-state index >= 15 is 0 Å². The number of anilines is 1. The largest absolute Gasteiger partial charge is 0.375 e. The van der Waals surface area contributed by atoms with Crippen LogP contribution in [0.2, 0.25) is 0 Å². The Morgan fingerprint density at radius 3 is 2.84 bits per heavy atom. The maximum atomic E-state index is 14.3. The monoisotopic (exact) mass is 426 g/mol. The first kappa shape index (κ1) is 21.4. The lowest BCUT2D eigenvalue weighted by atomic mass is 9.95. The first-order valence-electron chi connectivity index (χ1n) is 10.7. The summed E-state index contributed by atoms with van der Waals surface area (Å²) < 4.78 is 19.2. The zero-order valence-electron chi connectivity index (χ0n) is 17.9. The maximum absolute atomic E-state index is 14.3. The fourth-order valence-electron chi connectivity index (χ4n) is 4.37. The molecule has 1 saturated heterocycles. The van der Waals surface area contributed by atoms with Crippen molar-refractivity contribution in [2.45, 2.75) is 45.1 Å². The third-order valence-electron chi connectivity index (χ3n) is 6.05. The molecule has 2 aliphatic rings. The number of benzene rings is 1. The number of amides is 2. The molecule has 2 aromatic rings. The van der Waals surface area contributed by atoms with E-state index in [9.17, 15) is 14.0 Å². The van der Waals surface area contributed by atoms with Gasteiger partial charge in [-0.1, -0.05) is 18.2 Å². The number of halogens is 1. The summed E-state index contributed by atoms with van der Waals surface area (Å²) in [6.07, 6.45) is 2.67. The molecule has 7 nitrogen and oxygen atoms in total. The Kier molecular flexibility index (Phi) is 6.27. The van der Waals surface area contributed by atoms with E-state index in [2.05, 4.69) is 0 Å². The lowest BCUT2D eigenvalue weighted by Crippen LogP contribution is -2.41. The van der Waals surface area contributed by atoms with Crippen LogP contribution >= 0.6 is 0 Å². The number of aromatic nitrogens is 2. The lowest BCUT2D eigenvalue weighted by Gasteiger charge is -2.34. The molecule has 2 aliphatic heterocycles. The van der Waals surface area contributed by atoms with Crippen molar-refractivity contribution in [3.05, 3.63) is 52.7 Å². The van der Waals surface area contributed by atoms with Gasteiger partial charge in [0, 0.05) is 49.4 Å².